The summed E-state index contributed by atoms with van der Waals surface area (Å²) in [4.78, 5) is 14.7. The van der Waals surface area contributed by atoms with Gasteiger partial charge in [-0.05, 0) is 76.9 Å². The van der Waals surface area contributed by atoms with Crippen LogP contribution in [0, 0.1) is 13.8 Å². The Balaban J connectivity index is 1.43. The van der Waals surface area contributed by atoms with Crippen LogP contribution in [0.5, 0.6) is 0 Å². The third kappa shape index (κ3) is 5.82. The predicted octanol–water partition coefficient (Wildman–Crippen LogP) is 3.35. The summed E-state index contributed by atoms with van der Waals surface area (Å²) >= 11 is 0. The fraction of sp³-hybridized carbons (Fsp3) is 0.524. The van der Waals surface area contributed by atoms with E-state index < -0.39 is 0 Å². The maximum atomic E-state index is 12.2. The van der Waals surface area contributed by atoms with Crippen molar-refractivity contribution in [3.8, 4) is 0 Å². The van der Waals surface area contributed by atoms with E-state index in [1.807, 2.05) is 43.7 Å². The summed E-state index contributed by atoms with van der Waals surface area (Å²) in [6.45, 7) is 10.2. The van der Waals surface area contributed by atoms with Crippen LogP contribution in [0.3, 0.4) is 0 Å². The van der Waals surface area contributed by atoms with Gasteiger partial charge in [-0.3, -0.25) is 4.68 Å². The summed E-state index contributed by atoms with van der Waals surface area (Å²) in [7, 11) is 0. The van der Waals surface area contributed by atoms with Crippen molar-refractivity contribution >= 4 is 11.7 Å². The van der Waals surface area contributed by atoms with Crippen molar-refractivity contribution in [3.63, 3.8) is 0 Å². The fourth-order valence-corrected chi connectivity index (χ4v) is 3.60. The molecule has 146 valence electrons. The maximum absolute atomic E-state index is 12.2. The van der Waals surface area contributed by atoms with Crippen LogP contribution in [0.15, 0.2) is 30.3 Å². The minimum Gasteiger partial charge on any atom is -0.334 e. The molecule has 2 N–H and O–H groups in total. The lowest BCUT2D eigenvalue weighted by molar-refractivity contribution is 0.247. The lowest BCUT2D eigenvalue weighted by Gasteiger charge is -2.16. The number of hydrogen-bond donors (Lipinski definition) is 2. The quantitative estimate of drug-likeness (QED) is 0.787. The summed E-state index contributed by atoms with van der Waals surface area (Å²) in [5, 5.41) is 10.3. The normalized spacial score (nSPS) is 15.7. The number of nitrogens with zero attached hydrogens (tertiary/aromatic N) is 3. The number of carbonyl (C=O) groups is 1. The average Bonchev–Trinajstić information content (AvgIpc) is 3.24. The molecule has 1 aliphatic heterocycles. The maximum Gasteiger partial charge on any atom is 0.319 e. The number of aryl methyl sites for hydroxylation is 2. The topological polar surface area (TPSA) is 62.2 Å². The van der Waals surface area contributed by atoms with Gasteiger partial charge in [0, 0.05) is 24.0 Å². The molecule has 1 fully saturated rings. The highest BCUT2D eigenvalue weighted by Gasteiger charge is 2.12. The molecular formula is C21H31N5O. The predicted molar refractivity (Wildman–Crippen MR) is 109 cm³/mol. The molecule has 0 spiro atoms. The Morgan fingerprint density at radius 2 is 1.89 bits per heavy atom. The van der Waals surface area contributed by atoms with Gasteiger partial charge in [0.25, 0.3) is 0 Å². The number of rotatable bonds is 7. The van der Waals surface area contributed by atoms with Crippen molar-refractivity contribution in [1.29, 1.82) is 0 Å². The van der Waals surface area contributed by atoms with E-state index in [2.05, 4.69) is 32.8 Å². The molecule has 2 heterocycles. The second kappa shape index (κ2) is 9.04. The first kappa shape index (κ1) is 19.4. The number of likely N-dealkylation sites (tertiary alicyclic amines) is 1. The van der Waals surface area contributed by atoms with Gasteiger partial charge in [0.1, 0.15) is 0 Å². The van der Waals surface area contributed by atoms with Gasteiger partial charge in [-0.25, -0.2) is 4.79 Å². The van der Waals surface area contributed by atoms with E-state index in [9.17, 15) is 4.79 Å². The number of amides is 2. The zero-order chi connectivity index (χ0) is 19.2. The molecule has 6 nitrogen and oxygen atoms in total. The first-order valence-electron chi connectivity index (χ1n) is 9.89. The van der Waals surface area contributed by atoms with E-state index >= 15 is 0 Å². The van der Waals surface area contributed by atoms with Gasteiger partial charge < -0.3 is 15.5 Å². The standard InChI is InChI=1S/C21H31N5O/c1-16-14-18(3)26(24-16)15-17(2)22-21(27)23-20-8-6-19(7-9-20)10-13-25-11-4-5-12-25/h6-9,14,17H,4-5,10-13,15H2,1-3H3,(H2,22,23,27)/t17-/m0/s1. The lowest BCUT2D eigenvalue weighted by Crippen LogP contribution is -2.38. The molecule has 2 amide bonds. The smallest absolute Gasteiger partial charge is 0.319 e. The van der Waals surface area contributed by atoms with Crippen molar-refractivity contribution in [3.05, 3.63) is 47.3 Å². The van der Waals surface area contributed by atoms with E-state index in [4.69, 9.17) is 0 Å². The first-order chi connectivity index (χ1) is 13.0. The SMILES string of the molecule is Cc1cc(C)n(C[C@H](C)NC(=O)Nc2ccc(CCN3CCCC3)cc2)n1. The molecule has 1 saturated heterocycles. The highest BCUT2D eigenvalue weighted by Crippen LogP contribution is 2.13. The van der Waals surface area contributed by atoms with Crippen LogP contribution in [0.25, 0.3) is 0 Å². The Labute approximate surface area is 161 Å². The van der Waals surface area contributed by atoms with Crippen LogP contribution in [0.4, 0.5) is 10.5 Å². The van der Waals surface area contributed by atoms with Gasteiger partial charge in [-0.1, -0.05) is 12.1 Å². The molecule has 1 aromatic heterocycles. The van der Waals surface area contributed by atoms with E-state index in [1.165, 1.54) is 31.5 Å². The van der Waals surface area contributed by atoms with Crippen LogP contribution in [0.2, 0.25) is 0 Å². The number of anilines is 1. The van der Waals surface area contributed by atoms with Crippen LogP contribution in [-0.4, -0.2) is 46.4 Å². The van der Waals surface area contributed by atoms with Crippen molar-refractivity contribution in [2.24, 2.45) is 0 Å². The molecule has 0 saturated carbocycles. The van der Waals surface area contributed by atoms with Crippen LogP contribution >= 0.6 is 0 Å². The molecule has 6 heteroatoms. The molecule has 1 atom stereocenters. The van der Waals surface area contributed by atoms with Gasteiger partial charge in [0.15, 0.2) is 0 Å². The number of urea groups is 1. The van der Waals surface area contributed by atoms with Crippen molar-refractivity contribution in [1.82, 2.24) is 20.0 Å². The summed E-state index contributed by atoms with van der Waals surface area (Å²) < 4.78 is 1.93. The number of carbonyl (C=O) groups excluding carboxylic acids is 1. The van der Waals surface area contributed by atoms with E-state index in [1.54, 1.807) is 0 Å². The molecule has 0 unspecified atom stereocenters. The summed E-state index contributed by atoms with van der Waals surface area (Å²) in [5.74, 6) is 0. The molecular weight excluding hydrogens is 338 g/mol. The highest BCUT2D eigenvalue weighted by atomic mass is 16.2. The molecule has 0 bridgehead atoms. The van der Waals surface area contributed by atoms with E-state index in [0.29, 0.717) is 6.54 Å². The van der Waals surface area contributed by atoms with Gasteiger partial charge in [-0.2, -0.15) is 5.10 Å². The largest absolute Gasteiger partial charge is 0.334 e. The van der Waals surface area contributed by atoms with Gasteiger partial charge in [0.05, 0.1) is 12.2 Å². The Hall–Kier alpha value is -2.34. The zero-order valence-corrected chi connectivity index (χ0v) is 16.7. The number of benzene rings is 1. The van der Waals surface area contributed by atoms with Crippen molar-refractivity contribution in [2.75, 3.05) is 25.0 Å². The zero-order valence-electron chi connectivity index (χ0n) is 16.7. The molecule has 0 radical (unpaired) electrons. The molecule has 0 aliphatic carbocycles. The van der Waals surface area contributed by atoms with Gasteiger partial charge in [0.2, 0.25) is 0 Å². The summed E-state index contributed by atoms with van der Waals surface area (Å²) in [5.41, 5.74) is 4.22. The second-order valence-electron chi connectivity index (χ2n) is 7.60. The van der Waals surface area contributed by atoms with Gasteiger partial charge >= 0.3 is 6.03 Å². The highest BCUT2D eigenvalue weighted by molar-refractivity contribution is 5.89. The molecule has 1 aliphatic rings. The first-order valence-corrected chi connectivity index (χ1v) is 9.89. The molecule has 3 rings (SSSR count). The minimum atomic E-state index is -0.186. The Morgan fingerprint density at radius 3 is 2.52 bits per heavy atom. The minimum absolute atomic E-state index is 0.0114. The monoisotopic (exact) mass is 369 g/mol. The van der Waals surface area contributed by atoms with Crippen LogP contribution in [0.1, 0.15) is 36.7 Å². The van der Waals surface area contributed by atoms with E-state index in [-0.39, 0.29) is 12.1 Å². The van der Waals surface area contributed by atoms with Crippen molar-refractivity contribution in [2.45, 2.75) is 52.6 Å². The molecule has 2 aromatic rings. The molecule has 1 aromatic carbocycles. The summed E-state index contributed by atoms with van der Waals surface area (Å²) in [6.07, 6.45) is 3.72. The number of aromatic nitrogens is 2. The van der Waals surface area contributed by atoms with Crippen LogP contribution < -0.4 is 10.6 Å². The fourth-order valence-electron chi connectivity index (χ4n) is 3.60. The van der Waals surface area contributed by atoms with Crippen molar-refractivity contribution < 1.29 is 4.79 Å². The lowest BCUT2D eigenvalue weighted by atomic mass is 10.1. The summed E-state index contributed by atoms with van der Waals surface area (Å²) in [6, 6.07) is 10.0. The second-order valence-corrected chi connectivity index (χ2v) is 7.60. The van der Waals surface area contributed by atoms with Gasteiger partial charge in [-0.15, -0.1) is 0 Å². The third-order valence-corrected chi connectivity index (χ3v) is 5.05. The number of hydrogen-bond acceptors (Lipinski definition) is 3. The van der Waals surface area contributed by atoms with Crippen LogP contribution in [-0.2, 0) is 13.0 Å². The Morgan fingerprint density at radius 1 is 1.19 bits per heavy atom. The van der Waals surface area contributed by atoms with E-state index in [0.717, 1.165) is 30.0 Å². The number of nitrogens with one attached hydrogen (secondary N) is 2. The average molecular weight is 370 g/mol. The Bertz CT molecular complexity index is 746. The third-order valence-electron chi connectivity index (χ3n) is 5.05. The Kier molecular flexibility index (Phi) is 6.50. The molecule has 27 heavy (non-hydrogen) atoms.